The summed E-state index contributed by atoms with van der Waals surface area (Å²) in [6.07, 6.45) is 2.39. The third kappa shape index (κ3) is 2.80. The lowest BCUT2D eigenvalue weighted by Gasteiger charge is -2.32. The minimum atomic E-state index is 0.468. The first kappa shape index (κ1) is 10.7. The Morgan fingerprint density at radius 1 is 1.33 bits per heavy atom. The van der Waals surface area contributed by atoms with Crippen LogP contribution in [0.2, 0.25) is 0 Å². The minimum Gasteiger partial charge on any atom is -0.328 e. The van der Waals surface area contributed by atoms with E-state index in [-0.39, 0.29) is 0 Å². The van der Waals surface area contributed by atoms with Crippen molar-refractivity contribution in [3.8, 4) is 0 Å². The lowest BCUT2D eigenvalue weighted by molar-refractivity contribution is 0.256. The number of hydrogen-bond donors (Lipinski definition) is 2. The molecule has 1 fully saturated rings. The number of rotatable bonds is 4. The van der Waals surface area contributed by atoms with Gasteiger partial charge in [0.2, 0.25) is 0 Å². The first-order chi connectivity index (χ1) is 7.25. The molecule has 1 saturated carbocycles. The van der Waals surface area contributed by atoms with E-state index in [2.05, 4.69) is 36.5 Å². The molecule has 1 aliphatic carbocycles. The highest BCUT2D eigenvalue weighted by atomic mass is 14.9. The van der Waals surface area contributed by atoms with Gasteiger partial charge in [0.25, 0.3) is 0 Å². The molecule has 1 aliphatic rings. The lowest BCUT2D eigenvalue weighted by Crippen LogP contribution is -2.41. The van der Waals surface area contributed by atoms with Crippen LogP contribution in [0.5, 0.6) is 0 Å². The van der Waals surface area contributed by atoms with Crippen molar-refractivity contribution in [3.63, 3.8) is 0 Å². The molecule has 1 aromatic rings. The zero-order valence-corrected chi connectivity index (χ0v) is 9.37. The second-order valence-electron chi connectivity index (χ2n) is 4.65. The average molecular weight is 204 g/mol. The van der Waals surface area contributed by atoms with Crippen molar-refractivity contribution in [2.24, 2.45) is 11.7 Å². The van der Waals surface area contributed by atoms with Crippen LogP contribution in [-0.4, -0.2) is 12.6 Å². The van der Waals surface area contributed by atoms with Crippen molar-refractivity contribution in [2.75, 3.05) is 6.54 Å². The Morgan fingerprint density at radius 3 is 2.73 bits per heavy atom. The number of aryl methyl sites for hydroxylation is 1. The monoisotopic (exact) mass is 204 g/mol. The molecule has 2 nitrogen and oxygen atoms in total. The van der Waals surface area contributed by atoms with Gasteiger partial charge < -0.3 is 11.1 Å². The van der Waals surface area contributed by atoms with Gasteiger partial charge in [0.15, 0.2) is 0 Å². The van der Waals surface area contributed by atoms with E-state index in [9.17, 15) is 0 Å². The van der Waals surface area contributed by atoms with Crippen LogP contribution in [0.3, 0.4) is 0 Å². The van der Waals surface area contributed by atoms with Gasteiger partial charge in [-0.2, -0.15) is 0 Å². The molecular weight excluding hydrogens is 184 g/mol. The van der Waals surface area contributed by atoms with Crippen molar-refractivity contribution in [3.05, 3.63) is 35.4 Å². The summed E-state index contributed by atoms with van der Waals surface area (Å²) in [6.45, 7) is 4.26. The van der Waals surface area contributed by atoms with Crippen LogP contribution < -0.4 is 11.1 Å². The van der Waals surface area contributed by atoms with Crippen LogP contribution >= 0.6 is 0 Å². The standard InChI is InChI=1S/C13H20N2/c1-10-4-2-3-5-12(10)9-15-8-11-6-13(14)7-11/h2-5,11,13,15H,6-9,14H2,1H3. The van der Waals surface area contributed by atoms with Crippen molar-refractivity contribution >= 4 is 0 Å². The number of hydrogen-bond acceptors (Lipinski definition) is 2. The molecule has 0 aromatic heterocycles. The second-order valence-corrected chi connectivity index (χ2v) is 4.65. The maximum Gasteiger partial charge on any atom is 0.0208 e. The van der Waals surface area contributed by atoms with E-state index in [1.54, 1.807) is 0 Å². The van der Waals surface area contributed by atoms with Crippen LogP contribution in [0.25, 0.3) is 0 Å². The maximum absolute atomic E-state index is 5.75. The minimum absolute atomic E-state index is 0.468. The number of benzene rings is 1. The van der Waals surface area contributed by atoms with Crippen LogP contribution in [0.15, 0.2) is 24.3 Å². The van der Waals surface area contributed by atoms with E-state index in [0.29, 0.717) is 6.04 Å². The molecule has 2 rings (SSSR count). The van der Waals surface area contributed by atoms with E-state index >= 15 is 0 Å². The molecule has 15 heavy (non-hydrogen) atoms. The van der Waals surface area contributed by atoms with Crippen LogP contribution in [0.1, 0.15) is 24.0 Å². The van der Waals surface area contributed by atoms with Gasteiger partial charge in [0.05, 0.1) is 0 Å². The SMILES string of the molecule is Cc1ccccc1CNCC1CC(N)C1. The third-order valence-electron chi connectivity index (χ3n) is 3.28. The Bertz CT molecular complexity index is 316. The smallest absolute Gasteiger partial charge is 0.0208 e. The highest BCUT2D eigenvalue weighted by Gasteiger charge is 2.24. The molecule has 0 aliphatic heterocycles. The third-order valence-corrected chi connectivity index (χ3v) is 3.28. The van der Waals surface area contributed by atoms with Gasteiger partial charge in [-0.1, -0.05) is 24.3 Å². The van der Waals surface area contributed by atoms with Gasteiger partial charge in [-0.25, -0.2) is 0 Å². The fourth-order valence-corrected chi connectivity index (χ4v) is 2.17. The Balaban J connectivity index is 1.72. The van der Waals surface area contributed by atoms with Gasteiger partial charge in [0, 0.05) is 12.6 Å². The largest absolute Gasteiger partial charge is 0.328 e. The predicted octanol–water partition coefficient (Wildman–Crippen LogP) is 1.82. The molecule has 0 unspecified atom stereocenters. The lowest BCUT2D eigenvalue weighted by atomic mass is 9.81. The van der Waals surface area contributed by atoms with Gasteiger partial charge in [-0.05, 0) is 43.4 Å². The molecule has 2 heteroatoms. The summed E-state index contributed by atoms with van der Waals surface area (Å²) < 4.78 is 0. The zero-order chi connectivity index (χ0) is 10.7. The molecule has 3 N–H and O–H groups in total. The fraction of sp³-hybridized carbons (Fsp3) is 0.538. The maximum atomic E-state index is 5.75. The predicted molar refractivity (Wildman–Crippen MR) is 63.6 cm³/mol. The number of nitrogens with two attached hydrogens (primary N) is 1. The highest BCUT2D eigenvalue weighted by Crippen LogP contribution is 2.24. The molecule has 0 amide bonds. The summed E-state index contributed by atoms with van der Waals surface area (Å²) in [5, 5.41) is 3.51. The number of nitrogens with one attached hydrogen (secondary N) is 1. The Kier molecular flexibility index (Phi) is 3.39. The van der Waals surface area contributed by atoms with Crippen molar-refractivity contribution in [1.29, 1.82) is 0 Å². The molecule has 0 bridgehead atoms. The second kappa shape index (κ2) is 4.77. The van der Waals surface area contributed by atoms with E-state index < -0.39 is 0 Å². The Morgan fingerprint density at radius 2 is 2.07 bits per heavy atom. The first-order valence-electron chi connectivity index (χ1n) is 5.76. The van der Waals surface area contributed by atoms with E-state index in [1.807, 2.05) is 0 Å². The summed E-state index contributed by atoms with van der Waals surface area (Å²) in [4.78, 5) is 0. The summed E-state index contributed by atoms with van der Waals surface area (Å²) in [6, 6.07) is 9.01. The summed E-state index contributed by atoms with van der Waals surface area (Å²) >= 11 is 0. The molecular formula is C13H20N2. The van der Waals surface area contributed by atoms with Gasteiger partial charge in [-0.3, -0.25) is 0 Å². The molecule has 0 radical (unpaired) electrons. The van der Waals surface area contributed by atoms with Crippen molar-refractivity contribution in [2.45, 2.75) is 32.4 Å². The molecule has 0 saturated heterocycles. The van der Waals surface area contributed by atoms with Crippen LogP contribution in [0, 0.1) is 12.8 Å². The zero-order valence-electron chi connectivity index (χ0n) is 9.37. The van der Waals surface area contributed by atoms with Crippen molar-refractivity contribution in [1.82, 2.24) is 5.32 Å². The normalized spacial score (nSPS) is 24.9. The van der Waals surface area contributed by atoms with Gasteiger partial charge in [0.1, 0.15) is 0 Å². The van der Waals surface area contributed by atoms with Gasteiger partial charge in [-0.15, -0.1) is 0 Å². The fourth-order valence-electron chi connectivity index (χ4n) is 2.17. The van der Waals surface area contributed by atoms with Crippen LogP contribution in [-0.2, 0) is 6.54 Å². The Hall–Kier alpha value is -0.860. The molecule has 0 atom stereocenters. The van der Waals surface area contributed by atoms with Crippen LogP contribution in [0.4, 0.5) is 0 Å². The van der Waals surface area contributed by atoms with E-state index in [1.165, 1.54) is 24.0 Å². The topological polar surface area (TPSA) is 38.0 Å². The van der Waals surface area contributed by atoms with Crippen molar-refractivity contribution < 1.29 is 0 Å². The summed E-state index contributed by atoms with van der Waals surface area (Å²) in [5.74, 6) is 0.809. The molecule has 82 valence electrons. The molecule has 0 heterocycles. The highest BCUT2D eigenvalue weighted by molar-refractivity contribution is 5.25. The average Bonchev–Trinajstić information content (AvgIpc) is 2.18. The van der Waals surface area contributed by atoms with E-state index in [0.717, 1.165) is 19.0 Å². The Labute approximate surface area is 91.9 Å². The quantitative estimate of drug-likeness (QED) is 0.785. The summed E-state index contributed by atoms with van der Waals surface area (Å²) in [5.41, 5.74) is 8.52. The first-order valence-corrected chi connectivity index (χ1v) is 5.76. The summed E-state index contributed by atoms with van der Waals surface area (Å²) in [7, 11) is 0. The van der Waals surface area contributed by atoms with E-state index in [4.69, 9.17) is 5.73 Å². The van der Waals surface area contributed by atoms with Gasteiger partial charge >= 0.3 is 0 Å². The molecule has 1 aromatic carbocycles. The molecule has 0 spiro atoms.